The van der Waals surface area contributed by atoms with Gasteiger partial charge in [-0.15, -0.1) is 0 Å². The highest BCUT2D eigenvalue weighted by Gasteiger charge is 2.15. The predicted molar refractivity (Wildman–Crippen MR) is 78.0 cm³/mol. The summed E-state index contributed by atoms with van der Waals surface area (Å²) in [6.45, 7) is 7.70. The molecule has 2 aromatic carbocycles. The summed E-state index contributed by atoms with van der Waals surface area (Å²) in [6, 6.07) is 7.29. The Bertz CT molecular complexity index is 587. The van der Waals surface area contributed by atoms with E-state index in [0.29, 0.717) is 11.4 Å². The summed E-state index contributed by atoms with van der Waals surface area (Å²) in [5.74, 6) is 1.89. The van der Waals surface area contributed by atoms with Crippen molar-refractivity contribution in [2.24, 2.45) is 0 Å². The highest BCUT2D eigenvalue weighted by atomic mass is 16.5. The first kappa shape index (κ1) is 13.3. The Balaban J connectivity index is 2.48. The molecule has 0 aliphatic carbocycles. The summed E-state index contributed by atoms with van der Waals surface area (Å²) in [7, 11) is 0. The van der Waals surface area contributed by atoms with Crippen LogP contribution >= 0.6 is 0 Å². The van der Waals surface area contributed by atoms with Crippen LogP contribution in [-0.2, 0) is 0 Å². The van der Waals surface area contributed by atoms with Crippen molar-refractivity contribution in [3.05, 3.63) is 46.5 Å². The third-order valence-corrected chi connectivity index (χ3v) is 3.62. The van der Waals surface area contributed by atoms with Crippen LogP contribution in [0.5, 0.6) is 17.2 Å². The van der Waals surface area contributed by atoms with Gasteiger partial charge in [0.25, 0.3) is 0 Å². The number of phenols is 1. The molecule has 19 heavy (non-hydrogen) atoms. The molecule has 0 aromatic heterocycles. The molecule has 0 radical (unpaired) electrons. The van der Waals surface area contributed by atoms with Gasteiger partial charge in [0, 0.05) is 5.69 Å². The van der Waals surface area contributed by atoms with Crippen molar-refractivity contribution < 1.29 is 9.84 Å². The number of phenolic OH excluding ortho intramolecular Hbond substituents is 1. The lowest BCUT2D eigenvalue weighted by atomic mass is 9.98. The van der Waals surface area contributed by atoms with Crippen molar-refractivity contribution in [2.45, 2.75) is 27.7 Å². The SMILES string of the molecule is Cc1c(C)c(Oc2ccc(N)cc2)c(C)c(C)c1O. The third kappa shape index (κ3) is 2.36. The number of nitrogens with two attached hydrogens (primary N) is 1. The van der Waals surface area contributed by atoms with Crippen molar-refractivity contribution in [2.75, 3.05) is 5.73 Å². The van der Waals surface area contributed by atoms with E-state index < -0.39 is 0 Å². The highest BCUT2D eigenvalue weighted by molar-refractivity contribution is 5.58. The van der Waals surface area contributed by atoms with Crippen LogP contribution in [-0.4, -0.2) is 5.11 Å². The maximum absolute atomic E-state index is 10.0. The zero-order chi connectivity index (χ0) is 14.2. The van der Waals surface area contributed by atoms with Gasteiger partial charge in [-0.2, -0.15) is 0 Å². The van der Waals surface area contributed by atoms with E-state index >= 15 is 0 Å². The van der Waals surface area contributed by atoms with E-state index in [0.717, 1.165) is 33.8 Å². The minimum atomic E-state index is 0.347. The maximum Gasteiger partial charge on any atom is 0.134 e. The molecular weight excluding hydrogens is 238 g/mol. The second-order valence-corrected chi connectivity index (χ2v) is 4.85. The van der Waals surface area contributed by atoms with Gasteiger partial charge in [-0.05, 0) is 74.2 Å². The minimum absolute atomic E-state index is 0.347. The van der Waals surface area contributed by atoms with Crippen LogP contribution in [0, 0.1) is 27.7 Å². The zero-order valence-electron chi connectivity index (χ0n) is 11.7. The van der Waals surface area contributed by atoms with Gasteiger partial charge in [0.1, 0.15) is 17.2 Å². The highest BCUT2D eigenvalue weighted by Crippen LogP contribution is 2.38. The minimum Gasteiger partial charge on any atom is -0.507 e. The van der Waals surface area contributed by atoms with Gasteiger partial charge < -0.3 is 15.6 Å². The van der Waals surface area contributed by atoms with E-state index in [4.69, 9.17) is 10.5 Å². The second-order valence-electron chi connectivity index (χ2n) is 4.85. The summed E-state index contributed by atoms with van der Waals surface area (Å²) >= 11 is 0. The molecular formula is C16H19NO2. The van der Waals surface area contributed by atoms with Crippen molar-refractivity contribution >= 4 is 5.69 Å². The molecule has 0 amide bonds. The van der Waals surface area contributed by atoms with Crippen molar-refractivity contribution in [1.29, 1.82) is 0 Å². The number of aromatic hydroxyl groups is 1. The van der Waals surface area contributed by atoms with E-state index in [-0.39, 0.29) is 0 Å². The fraction of sp³-hybridized carbons (Fsp3) is 0.250. The fourth-order valence-electron chi connectivity index (χ4n) is 2.07. The lowest BCUT2D eigenvalue weighted by molar-refractivity contribution is 0.451. The fourth-order valence-corrected chi connectivity index (χ4v) is 2.07. The van der Waals surface area contributed by atoms with Gasteiger partial charge >= 0.3 is 0 Å². The van der Waals surface area contributed by atoms with Crippen LogP contribution in [0.15, 0.2) is 24.3 Å². The average molecular weight is 257 g/mol. The largest absolute Gasteiger partial charge is 0.507 e. The molecule has 0 spiro atoms. The molecule has 0 saturated heterocycles. The molecule has 0 atom stereocenters. The van der Waals surface area contributed by atoms with Crippen LogP contribution < -0.4 is 10.5 Å². The van der Waals surface area contributed by atoms with Crippen molar-refractivity contribution in [3.63, 3.8) is 0 Å². The zero-order valence-corrected chi connectivity index (χ0v) is 11.7. The summed E-state index contributed by atoms with van der Waals surface area (Å²) < 4.78 is 5.94. The van der Waals surface area contributed by atoms with Crippen LogP contribution in [0.1, 0.15) is 22.3 Å². The molecule has 0 aliphatic rings. The molecule has 3 N–H and O–H groups in total. The molecule has 0 bridgehead atoms. The number of hydrogen-bond acceptors (Lipinski definition) is 3. The van der Waals surface area contributed by atoms with Gasteiger partial charge in [0.2, 0.25) is 0 Å². The molecule has 0 unspecified atom stereocenters. The monoisotopic (exact) mass is 257 g/mol. The predicted octanol–water partition coefficient (Wildman–Crippen LogP) is 4.00. The summed E-state index contributed by atoms with van der Waals surface area (Å²) in [5, 5.41) is 10.0. The Kier molecular flexibility index (Phi) is 3.38. The van der Waals surface area contributed by atoms with Gasteiger partial charge in [0.05, 0.1) is 0 Å². The average Bonchev–Trinajstić information content (AvgIpc) is 2.41. The van der Waals surface area contributed by atoms with E-state index in [1.54, 1.807) is 12.1 Å². The normalized spacial score (nSPS) is 10.5. The molecule has 0 saturated carbocycles. The Morgan fingerprint density at radius 2 is 1.32 bits per heavy atom. The summed E-state index contributed by atoms with van der Waals surface area (Å²) in [6.07, 6.45) is 0. The number of rotatable bonds is 2. The maximum atomic E-state index is 10.0. The molecule has 2 rings (SSSR count). The number of hydrogen-bond donors (Lipinski definition) is 2. The molecule has 0 aliphatic heterocycles. The third-order valence-electron chi connectivity index (χ3n) is 3.62. The van der Waals surface area contributed by atoms with Crippen molar-refractivity contribution in [1.82, 2.24) is 0 Å². The lowest BCUT2D eigenvalue weighted by Gasteiger charge is -2.17. The molecule has 100 valence electrons. The second kappa shape index (κ2) is 4.84. The first-order chi connectivity index (χ1) is 8.91. The quantitative estimate of drug-likeness (QED) is 0.799. The van der Waals surface area contributed by atoms with Gasteiger partial charge in [0.15, 0.2) is 0 Å². The Morgan fingerprint density at radius 1 is 0.842 bits per heavy atom. The number of nitrogen functional groups attached to an aromatic ring is 1. The number of ether oxygens (including phenoxy) is 1. The van der Waals surface area contributed by atoms with E-state index in [1.165, 1.54) is 0 Å². The Labute approximate surface area is 113 Å². The summed E-state index contributed by atoms with van der Waals surface area (Å²) in [5.41, 5.74) is 9.99. The van der Waals surface area contributed by atoms with Gasteiger partial charge in [-0.1, -0.05) is 0 Å². The molecule has 0 fully saturated rings. The van der Waals surface area contributed by atoms with E-state index in [9.17, 15) is 5.11 Å². The molecule has 2 aromatic rings. The van der Waals surface area contributed by atoms with Crippen molar-refractivity contribution in [3.8, 4) is 17.2 Å². The first-order valence-electron chi connectivity index (χ1n) is 6.24. The number of benzene rings is 2. The number of anilines is 1. The van der Waals surface area contributed by atoms with Crippen LogP contribution in [0.2, 0.25) is 0 Å². The standard InChI is InChI=1S/C16H19NO2/c1-9-11(3)16(12(4)10(2)15(9)18)19-14-7-5-13(17)6-8-14/h5-8,18H,17H2,1-4H3. The van der Waals surface area contributed by atoms with Gasteiger partial charge in [-0.3, -0.25) is 0 Å². The van der Waals surface area contributed by atoms with E-state index in [1.807, 2.05) is 39.8 Å². The molecule has 3 nitrogen and oxygen atoms in total. The van der Waals surface area contributed by atoms with Crippen LogP contribution in [0.25, 0.3) is 0 Å². The lowest BCUT2D eigenvalue weighted by Crippen LogP contribution is -1.97. The van der Waals surface area contributed by atoms with Crippen LogP contribution in [0.3, 0.4) is 0 Å². The summed E-state index contributed by atoms with van der Waals surface area (Å²) in [4.78, 5) is 0. The Hall–Kier alpha value is -2.16. The van der Waals surface area contributed by atoms with Crippen LogP contribution in [0.4, 0.5) is 5.69 Å². The molecule has 3 heteroatoms. The Morgan fingerprint density at radius 3 is 1.79 bits per heavy atom. The van der Waals surface area contributed by atoms with E-state index in [2.05, 4.69) is 0 Å². The molecule has 0 heterocycles. The smallest absolute Gasteiger partial charge is 0.134 e. The van der Waals surface area contributed by atoms with Gasteiger partial charge in [-0.25, -0.2) is 0 Å². The first-order valence-corrected chi connectivity index (χ1v) is 6.24. The topological polar surface area (TPSA) is 55.5 Å².